The molecule has 2 fully saturated rings. The number of morpholine rings is 1. The zero-order valence-electron chi connectivity index (χ0n) is 22.7. The van der Waals surface area contributed by atoms with Gasteiger partial charge in [-0.1, -0.05) is 66.7 Å². The van der Waals surface area contributed by atoms with Crippen LogP contribution in [0.25, 0.3) is 10.8 Å². The van der Waals surface area contributed by atoms with Gasteiger partial charge in [0.2, 0.25) is 0 Å². The number of nitrogens with one attached hydrogen (secondary N) is 2. The molecule has 3 aromatic carbocycles. The maximum atomic E-state index is 13.6. The van der Waals surface area contributed by atoms with Gasteiger partial charge < -0.3 is 20.3 Å². The lowest BCUT2D eigenvalue weighted by Gasteiger charge is -2.29. The van der Waals surface area contributed by atoms with Crippen LogP contribution in [0, 0.1) is 5.92 Å². The number of fused-ring (bicyclic) bond motifs is 1. The van der Waals surface area contributed by atoms with E-state index in [9.17, 15) is 4.79 Å². The van der Waals surface area contributed by atoms with Gasteiger partial charge >= 0.3 is 6.03 Å². The zero-order chi connectivity index (χ0) is 26.2. The molecule has 1 saturated carbocycles. The highest BCUT2D eigenvalue weighted by atomic mass is 16.5. The minimum absolute atomic E-state index is 0.0115. The first kappa shape index (κ1) is 26.7. The van der Waals surface area contributed by atoms with E-state index in [4.69, 9.17) is 4.74 Å². The van der Waals surface area contributed by atoms with Crippen molar-refractivity contribution >= 4 is 16.8 Å². The van der Waals surface area contributed by atoms with E-state index >= 15 is 0 Å². The van der Waals surface area contributed by atoms with Crippen LogP contribution in [-0.2, 0) is 17.8 Å². The third-order valence-corrected chi connectivity index (χ3v) is 7.78. The van der Waals surface area contributed by atoms with E-state index in [1.54, 1.807) is 0 Å². The van der Waals surface area contributed by atoms with Crippen LogP contribution in [0.3, 0.4) is 0 Å². The number of carbonyl (C=O) groups excluding carboxylic acids is 1. The van der Waals surface area contributed by atoms with E-state index in [-0.39, 0.29) is 12.1 Å². The zero-order valence-corrected chi connectivity index (χ0v) is 22.7. The minimum Gasteiger partial charge on any atom is -0.379 e. The number of hydrogen-bond acceptors (Lipinski definition) is 4. The summed E-state index contributed by atoms with van der Waals surface area (Å²) in [7, 11) is 0. The minimum atomic E-state index is -0.0877. The first-order chi connectivity index (χ1) is 18.7. The van der Waals surface area contributed by atoms with Crippen molar-refractivity contribution in [1.29, 1.82) is 0 Å². The highest BCUT2D eigenvalue weighted by molar-refractivity contribution is 5.86. The Kier molecular flexibility index (Phi) is 9.28. The van der Waals surface area contributed by atoms with Crippen molar-refractivity contribution in [2.24, 2.45) is 5.92 Å². The van der Waals surface area contributed by atoms with Crippen molar-refractivity contribution in [3.63, 3.8) is 0 Å². The van der Waals surface area contributed by atoms with Crippen LogP contribution in [0.5, 0.6) is 0 Å². The fourth-order valence-corrected chi connectivity index (χ4v) is 5.27. The second kappa shape index (κ2) is 13.2. The Balaban J connectivity index is 1.22. The molecule has 2 N–H and O–H groups in total. The molecule has 0 spiro atoms. The highest BCUT2D eigenvalue weighted by Gasteiger charge is 2.21. The van der Waals surface area contributed by atoms with Gasteiger partial charge in [0.25, 0.3) is 0 Å². The Labute approximate surface area is 227 Å². The normalized spacial score (nSPS) is 16.9. The fourth-order valence-electron chi connectivity index (χ4n) is 5.27. The number of benzene rings is 3. The summed E-state index contributed by atoms with van der Waals surface area (Å²) in [6.45, 7) is 9.96. The third kappa shape index (κ3) is 7.56. The molecular formula is C32H42N4O2. The lowest BCUT2D eigenvalue weighted by atomic mass is 10.00. The topological polar surface area (TPSA) is 56.8 Å². The Morgan fingerprint density at radius 2 is 1.74 bits per heavy atom. The molecule has 2 amide bonds. The average molecular weight is 515 g/mol. The largest absolute Gasteiger partial charge is 0.379 e. The summed E-state index contributed by atoms with van der Waals surface area (Å²) in [5.41, 5.74) is 3.60. The predicted molar refractivity (Wildman–Crippen MR) is 154 cm³/mol. The Bertz CT molecular complexity index is 1170. The molecular weight excluding hydrogens is 472 g/mol. The SMILES string of the molecule is CC(NC(=O)N(CCCN1CCOCC1)Cc1ccc(CNCC2CC2)cc1)c1cccc2ccccc12. The molecule has 3 aromatic rings. The van der Waals surface area contributed by atoms with Gasteiger partial charge in [0, 0.05) is 39.3 Å². The lowest BCUT2D eigenvalue weighted by molar-refractivity contribution is 0.0364. The van der Waals surface area contributed by atoms with Crippen molar-refractivity contribution in [1.82, 2.24) is 20.4 Å². The molecule has 1 aliphatic heterocycles. The van der Waals surface area contributed by atoms with E-state index < -0.39 is 0 Å². The predicted octanol–water partition coefficient (Wildman–Crippen LogP) is 5.33. The molecule has 5 rings (SSSR count). The van der Waals surface area contributed by atoms with Crippen LogP contribution in [0.2, 0.25) is 0 Å². The molecule has 1 heterocycles. The summed E-state index contributed by atoms with van der Waals surface area (Å²) in [5.74, 6) is 0.884. The van der Waals surface area contributed by atoms with Gasteiger partial charge in [-0.2, -0.15) is 0 Å². The number of hydrogen-bond donors (Lipinski definition) is 2. The highest BCUT2D eigenvalue weighted by Crippen LogP contribution is 2.27. The Hall–Kier alpha value is -2.93. The number of ether oxygens (including phenoxy) is 1. The van der Waals surface area contributed by atoms with Crippen LogP contribution in [0.15, 0.2) is 66.7 Å². The standard InChI is InChI=1S/C32H42N4O2/c1-25(30-9-4-7-29-6-2-3-8-31(29)30)34-32(37)36(17-5-16-35-18-20-38-21-19-35)24-28-14-12-27(13-15-28)23-33-22-26-10-11-26/h2-4,6-9,12-15,25-26,33H,5,10-11,16-24H2,1H3,(H,34,37). The summed E-state index contributed by atoms with van der Waals surface area (Å²) < 4.78 is 5.49. The monoisotopic (exact) mass is 514 g/mol. The van der Waals surface area contributed by atoms with Crippen LogP contribution in [-0.4, -0.2) is 61.8 Å². The number of rotatable bonds is 12. The van der Waals surface area contributed by atoms with Gasteiger partial charge in [-0.05, 0) is 66.1 Å². The van der Waals surface area contributed by atoms with E-state index in [0.717, 1.165) is 75.9 Å². The second-order valence-corrected chi connectivity index (χ2v) is 10.9. The van der Waals surface area contributed by atoms with Gasteiger partial charge in [-0.25, -0.2) is 4.79 Å². The van der Waals surface area contributed by atoms with Crippen LogP contribution in [0.4, 0.5) is 4.79 Å². The maximum Gasteiger partial charge on any atom is 0.318 e. The van der Waals surface area contributed by atoms with Crippen molar-refractivity contribution in [2.75, 3.05) is 45.9 Å². The van der Waals surface area contributed by atoms with Gasteiger partial charge in [-0.15, -0.1) is 0 Å². The van der Waals surface area contributed by atoms with Gasteiger partial charge in [0.05, 0.1) is 19.3 Å². The number of amides is 2. The van der Waals surface area contributed by atoms with E-state index in [0.29, 0.717) is 6.54 Å². The molecule has 202 valence electrons. The Morgan fingerprint density at radius 3 is 2.53 bits per heavy atom. The summed E-state index contributed by atoms with van der Waals surface area (Å²) in [6, 6.07) is 23.3. The molecule has 0 bridgehead atoms. The molecule has 6 nitrogen and oxygen atoms in total. The lowest BCUT2D eigenvalue weighted by Crippen LogP contribution is -2.43. The summed E-state index contributed by atoms with van der Waals surface area (Å²) in [4.78, 5) is 18.0. The molecule has 2 aliphatic rings. The van der Waals surface area contributed by atoms with E-state index in [1.165, 1.54) is 29.2 Å². The van der Waals surface area contributed by atoms with Gasteiger partial charge in [0.1, 0.15) is 0 Å². The average Bonchev–Trinajstić information content (AvgIpc) is 3.78. The number of urea groups is 1. The molecule has 1 aliphatic carbocycles. The van der Waals surface area contributed by atoms with Crippen molar-refractivity contribution in [2.45, 2.75) is 45.3 Å². The summed E-state index contributed by atoms with van der Waals surface area (Å²) in [6.07, 6.45) is 3.68. The maximum absolute atomic E-state index is 13.6. The van der Waals surface area contributed by atoms with Gasteiger partial charge in [0.15, 0.2) is 0 Å². The summed E-state index contributed by atoms with van der Waals surface area (Å²) in [5, 5.41) is 9.24. The van der Waals surface area contributed by atoms with E-state index in [1.807, 2.05) is 4.90 Å². The third-order valence-electron chi connectivity index (χ3n) is 7.78. The Morgan fingerprint density at radius 1 is 1.00 bits per heavy atom. The van der Waals surface area contributed by atoms with Crippen LogP contribution < -0.4 is 10.6 Å². The molecule has 1 atom stereocenters. The smallest absolute Gasteiger partial charge is 0.318 e. The van der Waals surface area contributed by atoms with Crippen LogP contribution >= 0.6 is 0 Å². The van der Waals surface area contributed by atoms with Crippen LogP contribution in [0.1, 0.15) is 48.9 Å². The first-order valence-electron chi connectivity index (χ1n) is 14.3. The van der Waals surface area contributed by atoms with Gasteiger partial charge in [-0.3, -0.25) is 4.90 Å². The molecule has 38 heavy (non-hydrogen) atoms. The van der Waals surface area contributed by atoms with E-state index in [2.05, 4.69) is 89.2 Å². The van der Waals surface area contributed by atoms with Crippen molar-refractivity contribution < 1.29 is 9.53 Å². The quantitative estimate of drug-likeness (QED) is 0.343. The molecule has 1 saturated heterocycles. The molecule has 0 aromatic heterocycles. The van der Waals surface area contributed by atoms with Crippen molar-refractivity contribution in [3.8, 4) is 0 Å². The summed E-state index contributed by atoms with van der Waals surface area (Å²) >= 11 is 0. The number of carbonyl (C=O) groups is 1. The number of nitrogens with zero attached hydrogens (tertiary/aromatic N) is 2. The molecule has 6 heteroatoms. The second-order valence-electron chi connectivity index (χ2n) is 10.9. The first-order valence-corrected chi connectivity index (χ1v) is 14.3. The fraction of sp³-hybridized carbons (Fsp3) is 0.469. The molecule has 0 radical (unpaired) electrons. The molecule has 1 unspecified atom stereocenters. The van der Waals surface area contributed by atoms with Crippen molar-refractivity contribution in [3.05, 3.63) is 83.4 Å².